The summed E-state index contributed by atoms with van der Waals surface area (Å²) in [4.78, 5) is 24.3. The second-order valence-electron chi connectivity index (χ2n) is 8.02. The van der Waals surface area contributed by atoms with Crippen LogP contribution >= 0.6 is 0 Å². The number of ether oxygens (including phenoxy) is 2. The number of carbonyl (C=O) groups excluding carboxylic acids is 2. The highest BCUT2D eigenvalue weighted by atomic mass is 16.5. The molecule has 0 saturated carbocycles. The summed E-state index contributed by atoms with van der Waals surface area (Å²) < 4.78 is 9.89. The minimum absolute atomic E-state index is 0.207. The molecular formula is C28H26O4. The van der Waals surface area contributed by atoms with Gasteiger partial charge in [0.25, 0.3) is 0 Å². The van der Waals surface area contributed by atoms with Crippen molar-refractivity contribution in [2.45, 2.75) is 26.7 Å². The lowest BCUT2D eigenvalue weighted by molar-refractivity contribution is -0.140. The van der Waals surface area contributed by atoms with Gasteiger partial charge in [-0.05, 0) is 68.8 Å². The molecule has 162 valence electrons. The van der Waals surface area contributed by atoms with Crippen molar-refractivity contribution in [3.8, 4) is 11.1 Å². The van der Waals surface area contributed by atoms with Gasteiger partial charge >= 0.3 is 11.9 Å². The minimum Gasteiger partial charge on any atom is -0.469 e. The van der Waals surface area contributed by atoms with E-state index in [0.29, 0.717) is 0 Å². The number of methoxy groups -OCH3 is 2. The Labute approximate surface area is 187 Å². The quantitative estimate of drug-likeness (QED) is 0.384. The molecule has 32 heavy (non-hydrogen) atoms. The van der Waals surface area contributed by atoms with Gasteiger partial charge in [0.2, 0.25) is 0 Å². The van der Waals surface area contributed by atoms with E-state index in [4.69, 9.17) is 9.47 Å². The largest absolute Gasteiger partial charge is 0.469 e. The van der Waals surface area contributed by atoms with Crippen LogP contribution in [0.15, 0.2) is 60.7 Å². The molecule has 0 aromatic heterocycles. The van der Waals surface area contributed by atoms with Crippen molar-refractivity contribution in [3.63, 3.8) is 0 Å². The molecule has 4 aromatic carbocycles. The highest BCUT2D eigenvalue weighted by Crippen LogP contribution is 2.41. The molecule has 0 radical (unpaired) electrons. The maximum Gasteiger partial charge on any atom is 0.309 e. The van der Waals surface area contributed by atoms with Crippen LogP contribution in [0.2, 0.25) is 0 Å². The minimum atomic E-state index is -0.268. The van der Waals surface area contributed by atoms with E-state index in [1.807, 2.05) is 24.3 Å². The van der Waals surface area contributed by atoms with Crippen molar-refractivity contribution in [2.24, 2.45) is 0 Å². The Bertz CT molecular complexity index is 1250. The van der Waals surface area contributed by atoms with Gasteiger partial charge in [-0.15, -0.1) is 0 Å². The Morgan fingerprint density at radius 3 is 1.41 bits per heavy atom. The van der Waals surface area contributed by atoms with E-state index < -0.39 is 0 Å². The molecule has 0 aliphatic heterocycles. The molecule has 0 aliphatic carbocycles. The molecule has 4 nitrogen and oxygen atoms in total. The summed E-state index contributed by atoms with van der Waals surface area (Å²) in [6.07, 6.45) is 0.415. The Morgan fingerprint density at radius 1 is 0.656 bits per heavy atom. The SMILES string of the molecule is COC(=O)Cc1cc2ccccc2c(-c2c(C)c(CC(=O)OC)cc3ccccc23)c1C. The summed E-state index contributed by atoms with van der Waals surface area (Å²) in [7, 11) is 2.82. The first kappa shape index (κ1) is 21.6. The van der Waals surface area contributed by atoms with Crippen molar-refractivity contribution >= 4 is 33.5 Å². The summed E-state index contributed by atoms with van der Waals surface area (Å²) in [5.41, 5.74) is 6.12. The van der Waals surface area contributed by atoms with Gasteiger partial charge in [0.1, 0.15) is 0 Å². The van der Waals surface area contributed by atoms with Gasteiger partial charge in [0.05, 0.1) is 27.1 Å². The standard InChI is InChI=1S/C28H26O4/c1-17-21(15-25(29)31-3)13-19-9-5-7-11-23(19)27(17)28-18(2)22(16-26(30)32-4)14-20-10-6-8-12-24(20)28/h5-14H,15-16H2,1-4H3. The van der Waals surface area contributed by atoms with E-state index in [1.165, 1.54) is 14.2 Å². The number of benzene rings is 4. The number of fused-ring (bicyclic) bond motifs is 2. The lowest BCUT2D eigenvalue weighted by Crippen LogP contribution is -2.08. The van der Waals surface area contributed by atoms with Crippen molar-refractivity contribution in [1.29, 1.82) is 0 Å². The highest BCUT2D eigenvalue weighted by molar-refractivity contribution is 6.09. The zero-order valence-corrected chi connectivity index (χ0v) is 18.8. The topological polar surface area (TPSA) is 52.6 Å². The number of rotatable bonds is 5. The van der Waals surface area contributed by atoms with Crippen LogP contribution in [0.4, 0.5) is 0 Å². The molecule has 0 spiro atoms. The third-order valence-electron chi connectivity index (χ3n) is 6.21. The molecule has 0 saturated heterocycles. The molecule has 4 heteroatoms. The number of hydrogen-bond acceptors (Lipinski definition) is 4. The summed E-state index contributed by atoms with van der Waals surface area (Å²) in [5.74, 6) is -0.536. The molecule has 4 rings (SSSR count). The summed E-state index contributed by atoms with van der Waals surface area (Å²) in [6, 6.07) is 20.6. The molecule has 0 N–H and O–H groups in total. The van der Waals surface area contributed by atoms with Crippen molar-refractivity contribution in [2.75, 3.05) is 14.2 Å². The molecule has 4 aromatic rings. The Hall–Kier alpha value is -3.66. The fraction of sp³-hybridized carbons (Fsp3) is 0.214. The van der Waals surface area contributed by atoms with Gasteiger partial charge < -0.3 is 9.47 Å². The van der Waals surface area contributed by atoms with Crippen molar-refractivity contribution < 1.29 is 19.1 Å². The zero-order valence-electron chi connectivity index (χ0n) is 18.8. The first-order valence-corrected chi connectivity index (χ1v) is 10.6. The maximum absolute atomic E-state index is 12.1. The van der Waals surface area contributed by atoms with Gasteiger partial charge in [-0.25, -0.2) is 0 Å². The maximum atomic E-state index is 12.1. The van der Waals surface area contributed by atoms with E-state index in [-0.39, 0.29) is 24.8 Å². The first-order chi connectivity index (χ1) is 15.4. The second kappa shape index (κ2) is 8.83. The summed E-state index contributed by atoms with van der Waals surface area (Å²) in [5, 5.41) is 4.35. The Kier molecular flexibility index (Phi) is 5.95. The highest BCUT2D eigenvalue weighted by Gasteiger charge is 2.20. The second-order valence-corrected chi connectivity index (χ2v) is 8.02. The zero-order chi connectivity index (χ0) is 22.8. The van der Waals surface area contributed by atoms with Crippen LogP contribution in [0.1, 0.15) is 22.3 Å². The molecule has 0 bridgehead atoms. The predicted octanol–water partition coefficient (Wildman–Crippen LogP) is 5.71. The van der Waals surface area contributed by atoms with Gasteiger partial charge in [0, 0.05) is 0 Å². The normalized spacial score (nSPS) is 11.0. The van der Waals surface area contributed by atoms with Gasteiger partial charge in [0.15, 0.2) is 0 Å². The number of esters is 2. The molecule has 0 amide bonds. The van der Waals surface area contributed by atoms with Crippen molar-refractivity contribution in [1.82, 2.24) is 0 Å². The van der Waals surface area contributed by atoms with Crippen LogP contribution < -0.4 is 0 Å². The van der Waals surface area contributed by atoms with E-state index in [1.54, 1.807) is 0 Å². The van der Waals surface area contributed by atoms with Gasteiger partial charge in [-0.1, -0.05) is 60.7 Å². The smallest absolute Gasteiger partial charge is 0.309 e. The van der Waals surface area contributed by atoms with Crippen LogP contribution in [-0.4, -0.2) is 26.2 Å². The number of hydrogen-bond donors (Lipinski definition) is 0. The van der Waals surface area contributed by atoms with Crippen LogP contribution in [0, 0.1) is 13.8 Å². The van der Waals surface area contributed by atoms with E-state index in [0.717, 1.165) is 54.9 Å². The average molecular weight is 427 g/mol. The fourth-order valence-electron chi connectivity index (χ4n) is 4.49. The summed E-state index contributed by atoms with van der Waals surface area (Å²) >= 11 is 0. The summed E-state index contributed by atoms with van der Waals surface area (Å²) in [6.45, 7) is 4.11. The van der Waals surface area contributed by atoms with E-state index >= 15 is 0 Å². The molecule has 0 fully saturated rings. The molecule has 0 aliphatic rings. The molecular weight excluding hydrogens is 400 g/mol. The van der Waals surface area contributed by atoms with E-state index in [2.05, 4.69) is 50.2 Å². The Balaban J connectivity index is 2.11. The van der Waals surface area contributed by atoms with Crippen molar-refractivity contribution in [3.05, 3.63) is 82.9 Å². The van der Waals surface area contributed by atoms with Crippen LogP contribution in [0.3, 0.4) is 0 Å². The molecule has 0 heterocycles. The van der Waals surface area contributed by atoms with Crippen LogP contribution in [0.25, 0.3) is 32.7 Å². The van der Waals surface area contributed by atoms with Gasteiger partial charge in [-0.2, -0.15) is 0 Å². The Morgan fingerprint density at radius 2 is 1.03 bits per heavy atom. The molecule has 0 unspecified atom stereocenters. The fourth-order valence-corrected chi connectivity index (χ4v) is 4.49. The third-order valence-corrected chi connectivity index (χ3v) is 6.21. The predicted molar refractivity (Wildman–Crippen MR) is 128 cm³/mol. The number of carbonyl (C=O) groups is 2. The lowest BCUT2D eigenvalue weighted by Gasteiger charge is -2.21. The van der Waals surface area contributed by atoms with Crippen LogP contribution in [0.5, 0.6) is 0 Å². The average Bonchev–Trinajstić information content (AvgIpc) is 2.81. The third kappa shape index (κ3) is 3.84. The van der Waals surface area contributed by atoms with Crippen LogP contribution in [-0.2, 0) is 31.9 Å². The lowest BCUT2D eigenvalue weighted by atomic mass is 9.83. The van der Waals surface area contributed by atoms with E-state index in [9.17, 15) is 9.59 Å². The molecule has 0 atom stereocenters. The van der Waals surface area contributed by atoms with Gasteiger partial charge in [-0.3, -0.25) is 9.59 Å². The monoisotopic (exact) mass is 426 g/mol. The first-order valence-electron chi connectivity index (χ1n) is 10.6.